The van der Waals surface area contributed by atoms with Crippen molar-refractivity contribution in [2.24, 2.45) is 10.8 Å². The summed E-state index contributed by atoms with van der Waals surface area (Å²) < 4.78 is 0. The van der Waals surface area contributed by atoms with Gasteiger partial charge in [-0.15, -0.1) is 0 Å². The highest BCUT2D eigenvalue weighted by molar-refractivity contribution is 6.12. The smallest absolute Gasteiger partial charge is 0.135 e. The maximum absolute atomic E-state index is 8.29. The van der Waals surface area contributed by atoms with Crippen molar-refractivity contribution in [1.82, 2.24) is 5.01 Å². The van der Waals surface area contributed by atoms with Crippen molar-refractivity contribution in [3.8, 4) is 0 Å². The fourth-order valence-electron chi connectivity index (χ4n) is 2.70. The van der Waals surface area contributed by atoms with E-state index in [-0.39, 0.29) is 12.0 Å². The molecule has 0 aromatic heterocycles. The number of nitrogens with one attached hydrogen (secondary N) is 1. The summed E-state index contributed by atoms with van der Waals surface area (Å²) in [6.07, 6.45) is 0. The Morgan fingerprint density at radius 1 is 1.24 bits per heavy atom. The first kappa shape index (κ1) is 15.4. The van der Waals surface area contributed by atoms with Crippen molar-refractivity contribution in [3.05, 3.63) is 29.8 Å². The molecule has 1 aliphatic heterocycles. The van der Waals surface area contributed by atoms with Crippen LogP contribution in [0.25, 0.3) is 0 Å². The Kier molecular flexibility index (Phi) is 4.50. The molecule has 1 heterocycles. The predicted molar refractivity (Wildman–Crippen MR) is 89.1 cm³/mol. The van der Waals surface area contributed by atoms with E-state index in [0.717, 1.165) is 18.7 Å². The minimum Gasteiger partial charge on any atom is -0.385 e. The largest absolute Gasteiger partial charge is 0.385 e. The molecule has 0 bridgehead atoms. The Labute approximate surface area is 126 Å². The molecule has 1 unspecified atom stereocenters. The molecule has 2 rings (SSSR count). The van der Waals surface area contributed by atoms with Crippen molar-refractivity contribution in [2.75, 3.05) is 18.0 Å². The van der Waals surface area contributed by atoms with Crippen LogP contribution in [-0.2, 0) is 0 Å². The monoisotopic (exact) mass is 287 g/mol. The van der Waals surface area contributed by atoms with Crippen molar-refractivity contribution in [1.29, 1.82) is 5.41 Å². The van der Waals surface area contributed by atoms with E-state index >= 15 is 0 Å². The minimum absolute atomic E-state index is 0.149. The van der Waals surface area contributed by atoms with Crippen LogP contribution in [0.1, 0.15) is 39.2 Å². The summed E-state index contributed by atoms with van der Waals surface area (Å²) in [6, 6.07) is 8.45. The maximum atomic E-state index is 8.29. The van der Waals surface area contributed by atoms with Gasteiger partial charge in [-0.3, -0.25) is 5.41 Å². The number of anilines is 1. The molecule has 114 valence electrons. The fraction of sp³-hybridized carbons (Fsp3) is 0.500. The number of nitrogens with two attached hydrogens (primary N) is 1. The Hall–Kier alpha value is -2.04. The molecule has 0 saturated carbocycles. The zero-order valence-corrected chi connectivity index (χ0v) is 13.3. The van der Waals surface area contributed by atoms with Crippen molar-refractivity contribution in [3.63, 3.8) is 0 Å². The van der Waals surface area contributed by atoms with Crippen LogP contribution in [0.4, 0.5) is 5.69 Å². The van der Waals surface area contributed by atoms with Crippen LogP contribution in [0.2, 0.25) is 0 Å². The van der Waals surface area contributed by atoms with Gasteiger partial charge in [0.1, 0.15) is 17.6 Å². The van der Waals surface area contributed by atoms with Crippen molar-refractivity contribution in [2.45, 2.75) is 39.7 Å². The summed E-state index contributed by atoms with van der Waals surface area (Å²) in [6.45, 7) is 10.3. The van der Waals surface area contributed by atoms with E-state index in [2.05, 4.69) is 48.1 Å². The highest BCUT2D eigenvalue weighted by Crippen LogP contribution is 2.28. The van der Waals surface area contributed by atoms with E-state index < -0.39 is 0 Å². The van der Waals surface area contributed by atoms with E-state index in [9.17, 15) is 0 Å². The molecular weight excluding hydrogens is 262 g/mol. The lowest BCUT2D eigenvalue weighted by atomic mass is 9.97. The number of hydrogen-bond donors (Lipinski definition) is 2. The number of amidine groups is 2. The zero-order chi connectivity index (χ0) is 15.6. The average Bonchev–Trinajstić information content (AvgIpc) is 2.76. The van der Waals surface area contributed by atoms with Crippen LogP contribution in [0, 0.1) is 5.41 Å². The second kappa shape index (κ2) is 6.16. The summed E-state index contributed by atoms with van der Waals surface area (Å²) in [5, 5.41) is 14.3. The van der Waals surface area contributed by atoms with Crippen molar-refractivity contribution >= 4 is 17.4 Å². The molecule has 1 aromatic carbocycles. The fourth-order valence-corrected chi connectivity index (χ4v) is 2.70. The molecule has 1 atom stereocenters. The molecule has 5 nitrogen and oxygen atoms in total. The third-order valence-electron chi connectivity index (χ3n) is 3.88. The standard InChI is InChI=1S/C16H25N5/c1-5-20(6-2)13-9-7-12(8-10-13)14-15(17)19-21(11(3)4)16(14)18/h7-11,14,18H,5-6H2,1-4H3,(H2,17,19). The van der Waals surface area contributed by atoms with Gasteiger partial charge in [0.15, 0.2) is 0 Å². The molecule has 0 fully saturated rings. The molecule has 0 radical (unpaired) electrons. The van der Waals surface area contributed by atoms with Gasteiger partial charge in [-0.1, -0.05) is 12.1 Å². The third kappa shape index (κ3) is 2.86. The highest BCUT2D eigenvalue weighted by Gasteiger charge is 2.33. The van der Waals surface area contributed by atoms with Crippen LogP contribution in [-0.4, -0.2) is 35.8 Å². The van der Waals surface area contributed by atoms with Gasteiger partial charge in [0.25, 0.3) is 0 Å². The molecule has 0 amide bonds. The highest BCUT2D eigenvalue weighted by atomic mass is 15.5. The van der Waals surface area contributed by atoms with Crippen LogP contribution in [0.5, 0.6) is 0 Å². The second-order valence-electron chi connectivity index (χ2n) is 5.55. The van der Waals surface area contributed by atoms with E-state index in [1.165, 1.54) is 5.69 Å². The number of rotatable bonds is 5. The van der Waals surface area contributed by atoms with E-state index in [1.807, 2.05) is 13.8 Å². The molecule has 1 aliphatic rings. The van der Waals surface area contributed by atoms with E-state index in [4.69, 9.17) is 11.1 Å². The lowest BCUT2D eigenvalue weighted by Gasteiger charge is -2.23. The average molecular weight is 287 g/mol. The Balaban J connectivity index is 2.24. The number of benzene rings is 1. The summed E-state index contributed by atoms with van der Waals surface area (Å²) in [5.41, 5.74) is 8.26. The molecule has 0 aliphatic carbocycles. The molecular formula is C16H25N5. The van der Waals surface area contributed by atoms with Crippen molar-refractivity contribution < 1.29 is 0 Å². The van der Waals surface area contributed by atoms with Gasteiger partial charge in [-0.2, -0.15) is 5.10 Å². The molecule has 0 saturated heterocycles. The van der Waals surface area contributed by atoms with Gasteiger partial charge in [-0.25, -0.2) is 5.01 Å². The lowest BCUT2D eigenvalue weighted by molar-refractivity contribution is 0.371. The van der Waals surface area contributed by atoms with Gasteiger partial charge in [0.05, 0.1) is 0 Å². The van der Waals surface area contributed by atoms with Crippen LogP contribution < -0.4 is 10.6 Å². The molecule has 5 heteroatoms. The summed E-state index contributed by atoms with van der Waals surface area (Å²) >= 11 is 0. The lowest BCUT2D eigenvalue weighted by Crippen LogP contribution is -2.31. The Bertz CT molecular complexity index is 528. The topological polar surface area (TPSA) is 68.7 Å². The second-order valence-corrected chi connectivity index (χ2v) is 5.55. The van der Waals surface area contributed by atoms with Gasteiger partial charge in [0.2, 0.25) is 0 Å². The van der Waals surface area contributed by atoms with Crippen LogP contribution in [0.3, 0.4) is 0 Å². The molecule has 1 aromatic rings. The summed E-state index contributed by atoms with van der Waals surface area (Å²) in [4.78, 5) is 2.29. The van der Waals surface area contributed by atoms with Gasteiger partial charge in [0, 0.05) is 24.8 Å². The minimum atomic E-state index is -0.224. The Morgan fingerprint density at radius 2 is 1.81 bits per heavy atom. The first-order chi connectivity index (χ1) is 9.99. The quantitative estimate of drug-likeness (QED) is 0.874. The number of nitrogens with zero attached hydrogens (tertiary/aromatic N) is 3. The first-order valence-corrected chi connectivity index (χ1v) is 7.56. The van der Waals surface area contributed by atoms with E-state index in [1.54, 1.807) is 5.01 Å². The Morgan fingerprint density at radius 3 is 2.24 bits per heavy atom. The van der Waals surface area contributed by atoms with Gasteiger partial charge < -0.3 is 10.6 Å². The van der Waals surface area contributed by atoms with Gasteiger partial charge >= 0.3 is 0 Å². The zero-order valence-electron chi connectivity index (χ0n) is 13.3. The molecule has 3 N–H and O–H groups in total. The maximum Gasteiger partial charge on any atom is 0.135 e. The molecule has 0 spiro atoms. The SMILES string of the molecule is CCN(CC)c1ccc(C2C(=N)N(C(C)C)N=C2N)cc1. The summed E-state index contributed by atoms with van der Waals surface area (Å²) in [5.74, 6) is 0.737. The number of hydrazone groups is 1. The third-order valence-corrected chi connectivity index (χ3v) is 3.88. The molecule has 21 heavy (non-hydrogen) atoms. The normalized spacial score (nSPS) is 18.3. The first-order valence-electron chi connectivity index (χ1n) is 7.56. The number of hydrogen-bond acceptors (Lipinski definition) is 4. The van der Waals surface area contributed by atoms with Crippen LogP contribution in [0.15, 0.2) is 29.4 Å². The van der Waals surface area contributed by atoms with E-state index in [0.29, 0.717) is 11.7 Å². The van der Waals surface area contributed by atoms with Gasteiger partial charge in [-0.05, 0) is 45.4 Å². The predicted octanol–water partition coefficient (Wildman–Crippen LogP) is 2.59. The van der Waals surface area contributed by atoms with Crippen LogP contribution >= 0.6 is 0 Å². The summed E-state index contributed by atoms with van der Waals surface area (Å²) in [7, 11) is 0.